The number of benzene rings is 1. The van der Waals surface area contributed by atoms with Crippen molar-refractivity contribution in [3.05, 3.63) is 28.2 Å². The topological polar surface area (TPSA) is 70.2 Å². The number of anilines is 1. The van der Waals surface area contributed by atoms with Gasteiger partial charge >= 0.3 is 0 Å². The summed E-state index contributed by atoms with van der Waals surface area (Å²) in [5.41, 5.74) is 0.683. The molecule has 1 aromatic rings. The minimum atomic E-state index is -0.579. The Labute approximate surface area is 159 Å². The second-order valence-corrected chi connectivity index (χ2v) is 7.68. The summed E-state index contributed by atoms with van der Waals surface area (Å²) in [5, 5.41) is 9.59. The largest absolute Gasteiger partial charge is 0.374 e. The van der Waals surface area contributed by atoms with Crippen molar-refractivity contribution >= 4 is 40.7 Å². The van der Waals surface area contributed by atoms with E-state index >= 15 is 0 Å². The maximum Gasteiger partial charge on any atom is 0.242 e. The van der Waals surface area contributed by atoms with Gasteiger partial charge in [-0.25, -0.2) is 0 Å². The summed E-state index contributed by atoms with van der Waals surface area (Å²) in [4.78, 5) is 24.8. The van der Waals surface area contributed by atoms with Gasteiger partial charge in [0.15, 0.2) is 0 Å². The Morgan fingerprint density at radius 3 is 2.16 bits per heavy atom. The molecule has 0 aliphatic rings. The fourth-order valence-electron chi connectivity index (χ4n) is 2.13. The van der Waals surface area contributed by atoms with Gasteiger partial charge in [0, 0.05) is 12.2 Å². The van der Waals surface area contributed by atoms with Crippen molar-refractivity contribution in [1.82, 2.24) is 10.6 Å². The molecule has 7 heteroatoms. The van der Waals surface area contributed by atoms with Crippen molar-refractivity contribution in [3.63, 3.8) is 0 Å². The zero-order valence-corrected chi connectivity index (χ0v) is 16.8. The van der Waals surface area contributed by atoms with Crippen LogP contribution in [0.3, 0.4) is 0 Å². The van der Waals surface area contributed by atoms with E-state index in [9.17, 15) is 9.59 Å². The first kappa shape index (κ1) is 21.6. The van der Waals surface area contributed by atoms with Crippen LogP contribution in [0.15, 0.2) is 18.2 Å². The number of halogens is 2. The van der Waals surface area contributed by atoms with Gasteiger partial charge in [0.05, 0.1) is 10.0 Å². The molecule has 25 heavy (non-hydrogen) atoms. The molecular formula is C18H27Cl2N3O2. The van der Waals surface area contributed by atoms with Crippen LogP contribution in [0.1, 0.15) is 34.6 Å². The van der Waals surface area contributed by atoms with Crippen LogP contribution in [0, 0.1) is 11.8 Å². The molecule has 2 atom stereocenters. The van der Waals surface area contributed by atoms with Crippen LogP contribution >= 0.6 is 23.2 Å². The van der Waals surface area contributed by atoms with Crippen molar-refractivity contribution in [2.45, 2.75) is 46.7 Å². The van der Waals surface area contributed by atoms with Crippen molar-refractivity contribution in [1.29, 1.82) is 0 Å². The Hall–Kier alpha value is -1.46. The number of hydrogen-bond donors (Lipinski definition) is 3. The zero-order valence-electron chi connectivity index (χ0n) is 15.3. The lowest BCUT2D eigenvalue weighted by molar-refractivity contribution is -0.130. The summed E-state index contributed by atoms with van der Waals surface area (Å²) in [7, 11) is 0. The highest BCUT2D eigenvalue weighted by Gasteiger charge is 2.26. The van der Waals surface area contributed by atoms with Crippen molar-refractivity contribution in [2.75, 3.05) is 11.9 Å². The molecule has 1 unspecified atom stereocenters. The van der Waals surface area contributed by atoms with Gasteiger partial charge in [0.25, 0.3) is 0 Å². The molecule has 0 aliphatic carbocycles. The third-order valence-electron chi connectivity index (χ3n) is 3.63. The van der Waals surface area contributed by atoms with E-state index in [2.05, 4.69) is 16.0 Å². The first-order valence-electron chi connectivity index (χ1n) is 8.41. The molecule has 0 bridgehead atoms. The van der Waals surface area contributed by atoms with Gasteiger partial charge in [-0.2, -0.15) is 0 Å². The number of carbonyl (C=O) groups excluding carboxylic acids is 2. The predicted molar refractivity (Wildman–Crippen MR) is 104 cm³/mol. The van der Waals surface area contributed by atoms with Crippen LogP contribution in [0.2, 0.25) is 10.0 Å². The zero-order chi connectivity index (χ0) is 19.1. The summed E-state index contributed by atoms with van der Waals surface area (Å²) in [6.07, 6.45) is 0. The Morgan fingerprint density at radius 1 is 1.00 bits per heavy atom. The Morgan fingerprint density at radius 2 is 1.64 bits per heavy atom. The van der Waals surface area contributed by atoms with E-state index in [4.69, 9.17) is 23.2 Å². The highest BCUT2D eigenvalue weighted by atomic mass is 35.5. The van der Waals surface area contributed by atoms with Crippen LogP contribution in [0.25, 0.3) is 0 Å². The van der Waals surface area contributed by atoms with Crippen molar-refractivity contribution in [2.24, 2.45) is 11.8 Å². The molecule has 140 valence electrons. The second-order valence-electron chi connectivity index (χ2n) is 6.86. The van der Waals surface area contributed by atoms with E-state index in [1.54, 1.807) is 25.1 Å². The molecule has 0 saturated heterocycles. The summed E-state index contributed by atoms with van der Waals surface area (Å²) >= 11 is 11.9. The molecule has 1 rings (SSSR count). The van der Waals surface area contributed by atoms with Gasteiger partial charge in [0.2, 0.25) is 11.8 Å². The third-order valence-corrected chi connectivity index (χ3v) is 4.37. The smallest absolute Gasteiger partial charge is 0.242 e. The molecule has 1 aromatic carbocycles. The number of rotatable bonds is 8. The van der Waals surface area contributed by atoms with E-state index in [1.165, 1.54) is 0 Å². The molecule has 0 aliphatic heterocycles. The van der Waals surface area contributed by atoms with Gasteiger partial charge in [-0.1, -0.05) is 50.9 Å². The second kappa shape index (κ2) is 9.88. The molecular weight excluding hydrogens is 361 g/mol. The number of hydrogen-bond acceptors (Lipinski definition) is 3. The average molecular weight is 388 g/mol. The summed E-state index contributed by atoms with van der Waals surface area (Å²) in [6.45, 7) is 10.1. The SMILES string of the molecule is CC(C)CNC(=O)[C@@H](NC(=O)C(C)Nc1ccc(Cl)c(Cl)c1)C(C)C. The monoisotopic (exact) mass is 387 g/mol. The minimum absolute atomic E-state index is 0.0201. The maximum absolute atomic E-state index is 12.4. The Balaban J connectivity index is 2.68. The number of amides is 2. The lowest BCUT2D eigenvalue weighted by Crippen LogP contribution is -2.53. The Bertz CT molecular complexity index is 606. The van der Waals surface area contributed by atoms with Crippen LogP contribution in [0.5, 0.6) is 0 Å². The average Bonchev–Trinajstić information content (AvgIpc) is 2.53. The third kappa shape index (κ3) is 7.12. The number of nitrogens with one attached hydrogen (secondary N) is 3. The van der Waals surface area contributed by atoms with Gasteiger partial charge in [0.1, 0.15) is 12.1 Å². The van der Waals surface area contributed by atoms with E-state index < -0.39 is 12.1 Å². The normalized spacial score (nSPS) is 13.5. The minimum Gasteiger partial charge on any atom is -0.374 e. The molecule has 5 nitrogen and oxygen atoms in total. The summed E-state index contributed by atoms with van der Waals surface area (Å²) < 4.78 is 0. The summed E-state index contributed by atoms with van der Waals surface area (Å²) in [5.74, 6) is -0.0979. The van der Waals surface area contributed by atoms with Crippen molar-refractivity contribution in [3.8, 4) is 0 Å². The molecule has 0 radical (unpaired) electrons. The van der Waals surface area contributed by atoms with Crippen LogP contribution < -0.4 is 16.0 Å². The van der Waals surface area contributed by atoms with Crippen LogP contribution in [-0.4, -0.2) is 30.4 Å². The van der Waals surface area contributed by atoms with Gasteiger partial charge in [-0.3, -0.25) is 9.59 Å². The quantitative estimate of drug-likeness (QED) is 0.636. The first-order valence-corrected chi connectivity index (χ1v) is 9.17. The Kier molecular flexibility index (Phi) is 8.53. The van der Waals surface area contributed by atoms with Gasteiger partial charge in [-0.15, -0.1) is 0 Å². The van der Waals surface area contributed by atoms with Gasteiger partial charge < -0.3 is 16.0 Å². The standard InChI is InChI=1S/C18H27Cl2N3O2/c1-10(2)9-21-18(25)16(11(3)4)23-17(24)12(5)22-13-6-7-14(19)15(20)8-13/h6-8,10-12,16,22H,9H2,1-5H3,(H,21,25)(H,23,24)/t12?,16-/m0/s1. The number of carbonyl (C=O) groups is 2. The molecule has 0 spiro atoms. The van der Waals surface area contributed by atoms with Crippen molar-refractivity contribution < 1.29 is 9.59 Å². The van der Waals surface area contributed by atoms with E-state index in [-0.39, 0.29) is 17.7 Å². The van der Waals surface area contributed by atoms with Crippen LogP contribution in [-0.2, 0) is 9.59 Å². The molecule has 3 N–H and O–H groups in total. The fraction of sp³-hybridized carbons (Fsp3) is 0.556. The molecule has 0 saturated carbocycles. The summed E-state index contributed by atoms with van der Waals surface area (Å²) in [6, 6.07) is 3.95. The van der Waals surface area contributed by atoms with E-state index in [0.717, 1.165) is 0 Å². The fourth-order valence-corrected chi connectivity index (χ4v) is 2.43. The first-order chi connectivity index (χ1) is 11.6. The predicted octanol–water partition coefficient (Wildman–Crippen LogP) is 3.71. The molecule has 0 heterocycles. The highest BCUT2D eigenvalue weighted by Crippen LogP contribution is 2.25. The molecule has 0 aromatic heterocycles. The molecule has 2 amide bonds. The highest BCUT2D eigenvalue weighted by molar-refractivity contribution is 6.42. The maximum atomic E-state index is 12.4. The molecule has 0 fully saturated rings. The van der Waals surface area contributed by atoms with Gasteiger partial charge in [-0.05, 0) is 37.0 Å². The lowest BCUT2D eigenvalue weighted by atomic mass is 10.0. The lowest BCUT2D eigenvalue weighted by Gasteiger charge is -2.24. The van der Waals surface area contributed by atoms with E-state index in [0.29, 0.717) is 28.2 Å². The van der Waals surface area contributed by atoms with E-state index in [1.807, 2.05) is 27.7 Å². The van der Waals surface area contributed by atoms with Crippen LogP contribution in [0.4, 0.5) is 5.69 Å².